The Balaban J connectivity index is 2.53. The van der Waals surface area contributed by atoms with Gasteiger partial charge in [0.2, 0.25) is 0 Å². The third-order valence-electron chi connectivity index (χ3n) is 1.14. The lowest BCUT2D eigenvalue weighted by Gasteiger charge is -1.94. The van der Waals surface area contributed by atoms with E-state index < -0.39 is 0 Å². The Morgan fingerprint density at radius 3 is 3.00 bits per heavy atom. The number of rotatable bonds is 3. The first-order valence-electron chi connectivity index (χ1n) is 3.22. The summed E-state index contributed by atoms with van der Waals surface area (Å²) in [5.74, 6) is 3.44. The van der Waals surface area contributed by atoms with Crippen LogP contribution in [0.2, 0.25) is 0 Å². The first-order chi connectivity index (χ1) is 5.36. The van der Waals surface area contributed by atoms with E-state index >= 15 is 0 Å². The Morgan fingerprint density at radius 2 is 2.45 bits per heavy atom. The molecule has 0 saturated carbocycles. The highest BCUT2D eigenvalue weighted by Gasteiger charge is 1.98. The molecular formula is C8H9NO2. The summed E-state index contributed by atoms with van der Waals surface area (Å²) in [5, 5.41) is 0. The summed E-state index contributed by atoms with van der Waals surface area (Å²) in [6.45, 7) is 0.594. The van der Waals surface area contributed by atoms with Gasteiger partial charge in [0, 0.05) is 6.07 Å². The molecule has 0 aliphatic carbocycles. The molecule has 0 fully saturated rings. The van der Waals surface area contributed by atoms with Crippen LogP contribution in [0.15, 0.2) is 16.5 Å². The molecule has 1 heterocycles. The first kappa shape index (κ1) is 7.70. The summed E-state index contributed by atoms with van der Waals surface area (Å²) in [4.78, 5) is 0. The average molecular weight is 151 g/mol. The highest BCUT2D eigenvalue weighted by atomic mass is 16.6. The van der Waals surface area contributed by atoms with Crippen LogP contribution in [0.5, 0.6) is 5.95 Å². The molecule has 1 aromatic rings. The molecular weight excluding hydrogens is 142 g/mol. The zero-order valence-electron chi connectivity index (χ0n) is 6.04. The summed E-state index contributed by atoms with van der Waals surface area (Å²) in [7, 11) is 0. The third kappa shape index (κ3) is 2.03. The predicted molar refractivity (Wildman–Crippen MR) is 40.9 cm³/mol. The number of ether oxygens (including phenoxy) is 1. The van der Waals surface area contributed by atoms with Gasteiger partial charge in [-0.2, -0.15) is 0 Å². The molecule has 0 atom stereocenters. The van der Waals surface area contributed by atoms with Crippen molar-refractivity contribution in [1.29, 1.82) is 0 Å². The SMILES string of the molecule is C#CCOc1ccc(CN)o1. The summed E-state index contributed by atoms with van der Waals surface area (Å²) in [5.41, 5.74) is 5.30. The van der Waals surface area contributed by atoms with Crippen LogP contribution in [0.25, 0.3) is 0 Å². The van der Waals surface area contributed by atoms with Gasteiger partial charge in [-0.25, -0.2) is 0 Å². The Hall–Kier alpha value is -1.40. The predicted octanol–water partition coefficient (Wildman–Crippen LogP) is 0.750. The molecule has 0 unspecified atom stereocenters. The fraction of sp³-hybridized carbons (Fsp3) is 0.250. The molecule has 58 valence electrons. The molecule has 11 heavy (non-hydrogen) atoms. The summed E-state index contributed by atoms with van der Waals surface area (Å²) in [6, 6.07) is 3.45. The second-order valence-corrected chi connectivity index (χ2v) is 1.92. The fourth-order valence-corrected chi connectivity index (χ4v) is 0.658. The second kappa shape index (κ2) is 3.69. The van der Waals surface area contributed by atoms with Crippen molar-refractivity contribution >= 4 is 0 Å². The Labute approximate surface area is 65.1 Å². The molecule has 1 rings (SSSR count). The van der Waals surface area contributed by atoms with E-state index in [0.717, 1.165) is 0 Å². The molecule has 3 heteroatoms. The van der Waals surface area contributed by atoms with E-state index in [1.807, 2.05) is 0 Å². The van der Waals surface area contributed by atoms with E-state index in [1.54, 1.807) is 12.1 Å². The lowest BCUT2D eigenvalue weighted by Crippen LogP contribution is -1.93. The molecule has 0 amide bonds. The van der Waals surface area contributed by atoms with E-state index in [0.29, 0.717) is 18.3 Å². The van der Waals surface area contributed by atoms with Gasteiger partial charge >= 0.3 is 0 Å². The Kier molecular flexibility index (Phi) is 2.59. The normalized spacial score (nSPS) is 9.09. The summed E-state index contributed by atoms with van der Waals surface area (Å²) >= 11 is 0. The van der Waals surface area contributed by atoms with Gasteiger partial charge in [-0.05, 0) is 6.07 Å². The van der Waals surface area contributed by atoms with Crippen LogP contribution in [0, 0.1) is 12.3 Å². The molecule has 0 saturated heterocycles. The molecule has 2 N–H and O–H groups in total. The largest absolute Gasteiger partial charge is 0.452 e. The lowest BCUT2D eigenvalue weighted by atomic mass is 10.5. The van der Waals surface area contributed by atoms with Gasteiger partial charge in [0.25, 0.3) is 5.95 Å². The van der Waals surface area contributed by atoms with Crippen LogP contribution in [0.1, 0.15) is 5.76 Å². The maximum absolute atomic E-state index is 5.30. The zero-order valence-corrected chi connectivity index (χ0v) is 6.04. The monoisotopic (exact) mass is 151 g/mol. The molecule has 1 aromatic heterocycles. The molecule has 0 bridgehead atoms. The van der Waals surface area contributed by atoms with Crippen molar-refractivity contribution in [2.75, 3.05) is 6.61 Å². The topological polar surface area (TPSA) is 48.4 Å². The van der Waals surface area contributed by atoms with E-state index in [-0.39, 0.29) is 6.61 Å². The number of hydrogen-bond acceptors (Lipinski definition) is 3. The van der Waals surface area contributed by atoms with Gasteiger partial charge in [0.05, 0.1) is 6.54 Å². The smallest absolute Gasteiger partial charge is 0.285 e. The van der Waals surface area contributed by atoms with Crippen molar-refractivity contribution in [3.63, 3.8) is 0 Å². The van der Waals surface area contributed by atoms with E-state index in [4.69, 9.17) is 21.3 Å². The number of nitrogens with two attached hydrogens (primary N) is 1. The molecule has 0 aliphatic rings. The molecule has 0 spiro atoms. The zero-order chi connectivity index (χ0) is 8.10. The quantitative estimate of drug-likeness (QED) is 0.648. The first-order valence-corrected chi connectivity index (χ1v) is 3.22. The van der Waals surface area contributed by atoms with Crippen LogP contribution in [0.3, 0.4) is 0 Å². The maximum Gasteiger partial charge on any atom is 0.285 e. The van der Waals surface area contributed by atoms with Crippen molar-refractivity contribution in [3.05, 3.63) is 17.9 Å². The molecule has 3 nitrogen and oxygen atoms in total. The second-order valence-electron chi connectivity index (χ2n) is 1.92. The van der Waals surface area contributed by atoms with Crippen LogP contribution in [-0.4, -0.2) is 6.61 Å². The lowest BCUT2D eigenvalue weighted by molar-refractivity contribution is 0.269. The van der Waals surface area contributed by atoms with Gasteiger partial charge in [-0.3, -0.25) is 0 Å². The Bertz CT molecular complexity index is 259. The van der Waals surface area contributed by atoms with Gasteiger partial charge in [-0.15, -0.1) is 6.42 Å². The van der Waals surface area contributed by atoms with Crippen LogP contribution in [-0.2, 0) is 6.54 Å². The summed E-state index contributed by atoms with van der Waals surface area (Å²) in [6.07, 6.45) is 4.97. The average Bonchev–Trinajstić information content (AvgIpc) is 2.48. The van der Waals surface area contributed by atoms with Gasteiger partial charge in [-0.1, -0.05) is 5.92 Å². The minimum absolute atomic E-state index is 0.220. The van der Waals surface area contributed by atoms with E-state index in [9.17, 15) is 0 Å². The summed E-state index contributed by atoms with van der Waals surface area (Å²) < 4.78 is 10.1. The molecule has 0 aliphatic heterocycles. The Morgan fingerprint density at radius 1 is 1.64 bits per heavy atom. The van der Waals surface area contributed by atoms with Crippen molar-refractivity contribution < 1.29 is 9.15 Å². The van der Waals surface area contributed by atoms with E-state index in [1.165, 1.54) is 0 Å². The van der Waals surface area contributed by atoms with Crippen LogP contribution < -0.4 is 10.5 Å². The third-order valence-corrected chi connectivity index (χ3v) is 1.14. The van der Waals surface area contributed by atoms with Crippen molar-refractivity contribution in [1.82, 2.24) is 0 Å². The molecule has 0 radical (unpaired) electrons. The van der Waals surface area contributed by atoms with Crippen LogP contribution >= 0.6 is 0 Å². The fourth-order valence-electron chi connectivity index (χ4n) is 0.658. The minimum Gasteiger partial charge on any atom is -0.452 e. The maximum atomic E-state index is 5.30. The number of hydrogen-bond donors (Lipinski definition) is 1. The van der Waals surface area contributed by atoms with Gasteiger partial charge in [0.1, 0.15) is 5.76 Å². The molecule has 0 aromatic carbocycles. The standard InChI is InChI=1S/C8H9NO2/c1-2-5-10-8-4-3-7(6-9)11-8/h1,3-4H,5-6,9H2. The van der Waals surface area contributed by atoms with Crippen molar-refractivity contribution in [2.45, 2.75) is 6.54 Å². The van der Waals surface area contributed by atoms with Crippen molar-refractivity contribution in [2.24, 2.45) is 5.73 Å². The van der Waals surface area contributed by atoms with Gasteiger partial charge in [0.15, 0.2) is 6.61 Å². The van der Waals surface area contributed by atoms with E-state index in [2.05, 4.69) is 5.92 Å². The highest BCUT2D eigenvalue weighted by Crippen LogP contribution is 2.14. The number of furan rings is 1. The highest BCUT2D eigenvalue weighted by molar-refractivity contribution is 5.12. The van der Waals surface area contributed by atoms with Crippen molar-refractivity contribution in [3.8, 4) is 18.3 Å². The van der Waals surface area contributed by atoms with Crippen LogP contribution in [0.4, 0.5) is 0 Å². The minimum atomic E-state index is 0.220. The van der Waals surface area contributed by atoms with Gasteiger partial charge < -0.3 is 14.9 Å². The number of terminal acetylenes is 1.